The maximum atomic E-state index is 11.1. The van der Waals surface area contributed by atoms with E-state index in [1.807, 2.05) is 0 Å². The van der Waals surface area contributed by atoms with Gasteiger partial charge in [-0.25, -0.2) is 0 Å². The summed E-state index contributed by atoms with van der Waals surface area (Å²) in [5.74, 6) is -1.59. The van der Waals surface area contributed by atoms with E-state index in [0.717, 1.165) is 11.8 Å². The molecule has 0 bridgehead atoms. The number of nitrogens with two attached hydrogens (primary N) is 1. The fraction of sp³-hybridized carbons (Fsp3) is 0.0909. The SMILES string of the molecule is NC(=O)c1cccc(-n2cnnc2SCC(=O)O)c1. The van der Waals surface area contributed by atoms with Crippen molar-refractivity contribution >= 4 is 23.6 Å². The van der Waals surface area contributed by atoms with E-state index < -0.39 is 11.9 Å². The zero-order valence-electron chi connectivity index (χ0n) is 9.68. The van der Waals surface area contributed by atoms with Gasteiger partial charge >= 0.3 is 5.97 Å². The Morgan fingerprint density at radius 1 is 1.42 bits per heavy atom. The molecule has 0 atom stereocenters. The summed E-state index contributed by atoms with van der Waals surface area (Å²) >= 11 is 1.04. The zero-order valence-corrected chi connectivity index (χ0v) is 10.5. The Balaban J connectivity index is 2.31. The molecule has 0 saturated carbocycles. The van der Waals surface area contributed by atoms with Crippen LogP contribution >= 0.6 is 11.8 Å². The van der Waals surface area contributed by atoms with E-state index in [9.17, 15) is 9.59 Å². The molecule has 98 valence electrons. The summed E-state index contributed by atoms with van der Waals surface area (Å²) in [4.78, 5) is 21.7. The lowest BCUT2D eigenvalue weighted by molar-refractivity contribution is -0.133. The second-order valence-corrected chi connectivity index (χ2v) is 4.52. The Bertz CT molecular complexity index is 626. The van der Waals surface area contributed by atoms with Gasteiger partial charge < -0.3 is 10.8 Å². The van der Waals surface area contributed by atoms with Gasteiger partial charge in [0.05, 0.1) is 5.75 Å². The van der Waals surface area contributed by atoms with E-state index >= 15 is 0 Å². The van der Waals surface area contributed by atoms with Gasteiger partial charge in [-0.1, -0.05) is 17.8 Å². The summed E-state index contributed by atoms with van der Waals surface area (Å²) < 4.78 is 1.60. The molecule has 1 aromatic heterocycles. The Labute approximate surface area is 112 Å². The second kappa shape index (κ2) is 5.53. The number of nitrogens with zero attached hydrogens (tertiary/aromatic N) is 3. The summed E-state index contributed by atoms with van der Waals surface area (Å²) in [6, 6.07) is 6.62. The Kier molecular flexibility index (Phi) is 3.81. The van der Waals surface area contributed by atoms with Crippen LogP contribution in [0.1, 0.15) is 10.4 Å². The minimum atomic E-state index is -0.939. The van der Waals surface area contributed by atoms with E-state index in [-0.39, 0.29) is 5.75 Å². The molecule has 1 aromatic carbocycles. The normalized spacial score (nSPS) is 10.3. The fourth-order valence-electron chi connectivity index (χ4n) is 1.44. The van der Waals surface area contributed by atoms with Crippen LogP contribution < -0.4 is 5.73 Å². The van der Waals surface area contributed by atoms with Gasteiger partial charge in [-0.2, -0.15) is 0 Å². The summed E-state index contributed by atoms with van der Waals surface area (Å²) in [6.45, 7) is 0. The molecule has 0 saturated heterocycles. The molecule has 0 aliphatic heterocycles. The number of amides is 1. The minimum absolute atomic E-state index is 0.117. The van der Waals surface area contributed by atoms with E-state index in [1.54, 1.807) is 28.8 Å². The van der Waals surface area contributed by atoms with Crippen LogP contribution in [0.4, 0.5) is 0 Å². The van der Waals surface area contributed by atoms with Gasteiger partial charge in [0.25, 0.3) is 0 Å². The molecule has 2 aromatic rings. The maximum Gasteiger partial charge on any atom is 0.313 e. The van der Waals surface area contributed by atoms with Gasteiger partial charge in [0.15, 0.2) is 5.16 Å². The van der Waals surface area contributed by atoms with Crippen LogP contribution in [0.2, 0.25) is 0 Å². The lowest BCUT2D eigenvalue weighted by Gasteiger charge is -2.06. The van der Waals surface area contributed by atoms with Gasteiger partial charge in [0.1, 0.15) is 6.33 Å². The van der Waals surface area contributed by atoms with Crippen molar-refractivity contribution in [3.8, 4) is 5.69 Å². The molecule has 1 heterocycles. The Morgan fingerprint density at radius 2 is 2.21 bits per heavy atom. The van der Waals surface area contributed by atoms with Crippen LogP contribution in [0, 0.1) is 0 Å². The molecule has 1 amide bonds. The van der Waals surface area contributed by atoms with E-state index in [2.05, 4.69) is 10.2 Å². The van der Waals surface area contributed by atoms with Crippen molar-refractivity contribution in [2.75, 3.05) is 5.75 Å². The highest BCUT2D eigenvalue weighted by molar-refractivity contribution is 7.99. The predicted octanol–water partition coefficient (Wildman–Crippen LogP) is 0.543. The molecular weight excluding hydrogens is 268 g/mol. The number of hydrogen-bond donors (Lipinski definition) is 2. The summed E-state index contributed by atoms with van der Waals surface area (Å²) in [6.07, 6.45) is 1.45. The second-order valence-electron chi connectivity index (χ2n) is 3.58. The van der Waals surface area contributed by atoms with Gasteiger partial charge in [-0.05, 0) is 18.2 Å². The highest BCUT2D eigenvalue weighted by Crippen LogP contribution is 2.19. The lowest BCUT2D eigenvalue weighted by atomic mass is 10.2. The number of carboxylic acids is 1. The van der Waals surface area contributed by atoms with Gasteiger partial charge in [0.2, 0.25) is 5.91 Å². The van der Waals surface area contributed by atoms with Crippen molar-refractivity contribution < 1.29 is 14.7 Å². The number of carboxylic acid groups (broad SMARTS) is 1. The number of aromatic nitrogens is 3. The molecule has 0 fully saturated rings. The van der Waals surface area contributed by atoms with E-state index in [4.69, 9.17) is 10.8 Å². The lowest BCUT2D eigenvalue weighted by Crippen LogP contribution is -2.11. The third-order valence-electron chi connectivity index (χ3n) is 2.25. The average Bonchev–Trinajstić information content (AvgIpc) is 2.84. The highest BCUT2D eigenvalue weighted by Gasteiger charge is 2.10. The van der Waals surface area contributed by atoms with Crippen LogP contribution in [0.5, 0.6) is 0 Å². The van der Waals surface area contributed by atoms with Crippen LogP contribution in [0.3, 0.4) is 0 Å². The molecule has 0 aliphatic rings. The molecule has 3 N–H and O–H groups in total. The molecule has 0 spiro atoms. The summed E-state index contributed by atoms with van der Waals surface area (Å²) in [5.41, 5.74) is 6.22. The molecule has 7 nitrogen and oxygen atoms in total. The summed E-state index contributed by atoms with van der Waals surface area (Å²) in [5, 5.41) is 16.7. The monoisotopic (exact) mass is 278 g/mol. The Hall–Kier alpha value is -2.35. The predicted molar refractivity (Wildman–Crippen MR) is 68.2 cm³/mol. The number of thioether (sulfide) groups is 1. The third kappa shape index (κ3) is 3.10. The van der Waals surface area contributed by atoms with Crippen molar-refractivity contribution in [1.82, 2.24) is 14.8 Å². The molecule has 8 heteroatoms. The largest absolute Gasteiger partial charge is 0.481 e. The maximum absolute atomic E-state index is 11.1. The smallest absolute Gasteiger partial charge is 0.313 e. The first-order valence-corrected chi connectivity index (χ1v) is 6.21. The number of primary amides is 1. The van der Waals surface area contributed by atoms with Gasteiger partial charge in [-0.3, -0.25) is 14.2 Å². The molecule has 2 rings (SSSR count). The first-order chi connectivity index (χ1) is 9.08. The number of benzene rings is 1. The first-order valence-electron chi connectivity index (χ1n) is 5.23. The van der Waals surface area contributed by atoms with Gasteiger partial charge in [0, 0.05) is 11.3 Å². The van der Waals surface area contributed by atoms with Crippen LogP contribution in [0.25, 0.3) is 5.69 Å². The van der Waals surface area contributed by atoms with E-state index in [1.165, 1.54) is 6.33 Å². The topological polar surface area (TPSA) is 111 Å². The standard InChI is InChI=1S/C11H10N4O3S/c12-10(18)7-2-1-3-8(4-7)15-6-13-14-11(15)19-5-9(16)17/h1-4,6H,5H2,(H2,12,18)(H,16,17). The number of carbonyl (C=O) groups is 2. The van der Waals surface area contributed by atoms with Crippen molar-refractivity contribution in [3.63, 3.8) is 0 Å². The van der Waals surface area contributed by atoms with Crippen molar-refractivity contribution in [1.29, 1.82) is 0 Å². The zero-order chi connectivity index (χ0) is 13.8. The minimum Gasteiger partial charge on any atom is -0.481 e. The number of rotatable bonds is 5. The van der Waals surface area contributed by atoms with Crippen LogP contribution in [-0.4, -0.2) is 37.5 Å². The summed E-state index contributed by atoms with van der Waals surface area (Å²) in [7, 11) is 0. The highest BCUT2D eigenvalue weighted by atomic mass is 32.2. The first kappa shape index (κ1) is 13.1. The van der Waals surface area contributed by atoms with Crippen molar-refractivity contribution in [2.45, 2.75) is 5.16 Å². The van der Waals surface area contributed by atoms with Crippen molar-refractivity contribution in [2.24, 2.45) is 5.73 Å². The molecular formula is C11H10N4O3S. The Morgan fingerprint density at radius 3 is 2.89 bits per heavy atom. The van der Waals surface area contributed by atoms with E-state index in [0.29, 0.717) is 16.4 Å². The molecule has 19 heavy (non-hydrogen) atoms. The quantitative estimate of drug-likeness (QED) is 0.772. The third-order valence-corrected chi connectivity index (χ3v) is 3.18. The molecule has 0 aliphatic carbocycles. The molecule has 0 radical (unpaired) electrons. The number of aliphatic carboxylic acids is 1. The average molecular weight is 278 g/mol. The number of carbonyl (C=O) groups excluding carboxylic acids is 1. The van der Waals surface area contributed by atoms with Crippen LogP contribution in [-0.2, 0) is 4.79 Å². The van der Waals surface area contributed by atoms with Crippen LogP contribution in [0.15, 0.2) is 35.7 Å². The molecule has 0 unspecified atom stereocenters. The van der Waals surface area contributed by atoms with Crippen molar-refractivity contribution in [3.05, 3.63) is 36.2 Å². The van der Waals surface area contributed by atoms with Gasteiger partial charge in [-0.15, -0.1) is 10.2 Å². The fourth-order valence-corrected chi connectivity index (χ4v) is 2.08. The number of hydrogen-bond acceptors (Lipinski definition) is 5.